The van der Waals surface area contributed by atoms with E-state index in [4.69, 9.17) is 14.7 Å². The first-order valence-electron chi connectivity index (χ1n) is 6.08. The Bertz CT molecular complexity index is 591. The van der Waals surface area contributed by atoms with Crippen LogP contribution in [0.1, 0.15) is 0 Å². The summed E-state index contributed by atoms with van der Waals surface area (Å²) in [5.41, 5.74) is 0.314. The number of rotatable bonds is 5. The van der Waals surface area contributed by atoms with Gasteiger partial charge in [0.05, 0.1) is 18.9 Å². The maximum Gasteiger partial charge on any atom is 0.301 e. The molecule has 2 rings (SSSR count). The van der Waals surface area contributed by atoms with Crippen LogP contribution in [0, 0.1) is 11.3 Å². The van der Waals surface area contributed by atoms with Gasteiger partial charge < -0.3 is 9.47 Å². The number of morpholine rings is 1. The molecule has 1 heterocycles. The number of para-hydroxylation sites is 2. The van der Waals surface area contributed by atoms with E-state index in [0.29, 0.717) is 37.7 Å². The fraction of sp³-hybridized carbons (Fsp3) is 0.417. The minimum absolute atomic E-state index is 0.143. The van der Waals surface area contributed by atoms with Crippen LogP contribution in [0.3, 0.4) is 0 Å². The topological polar surface area (TPSA) is 91.7 Å². The van der Waals surface area contributed by atoms with Crippen LogP contribution in [0.15, 0.2) is 24.3 Å². The van der Waals surface area contributed by atoms with Crippen molar-refractivity contribution in [3.63, 3.8) is 0 Å². The maximum absolute atomic E-state index is 12.2. The third-order valence-corrected chi connectivity index (χ3v) is 4.25. The number of nitrogens with one attached hydrogen (secondary N) is 1. The number of hydrogen-bond acceptors (Lipinski definition) is 5. The van der Waals surface area contributed by atoms with Crippen molar-refractivity contribution in [3.8, 4) is 11.8 Å². The summed E-state index contributed by atoms with van der Waals surface area (Å²) in [6.07, 6.45) is 0. The van der Waals surface area contributed by atoms with Crippen LogP contribution in [0.5, 0.6) is 5.75 Å². The van der Waals surface area contributed by atoms with Crippen molar-refractivity contribution in [1.82, 2.24) is 4.31 Å². The summed E-state index contributed by atoms with van der Waals surface area (Å²) in [5, 5.41) is 8.52. The predicted octanol–water partition coefficient (Wildman–Crippen LogP) is 0.578. The van der Waals surface area contributed by atoms with Crippen LogP contribution < -0.4 is 9.46 Å². The van der Waals surface area contributed by atoms with Crippen LogP contribution >= 0.6 is 0 Å². The van der Waals surface area contributed by atoms with Gasteiger partial charge in [-0.15, -0.1) is 0 Å². The van der Waals surface area contributed by atoms with Crippen LogP contribution in [0.25, 0.3) is 0 Å². The Morgan fingerprint density at radius 3 is 2.75 bits per heavy atom. The van der Waals surface area contributed by atoms with Crippen molar-refractivity contribution in [2.24, 2.45) is 0 Å². The molecule has 0 amide bonds. The first kappa shape index (κ1) is 14.6. The van der Waals surface area contributed by atoms with E-state index in [1.807, 2.05) is 6.07 Å². The van der Waals surface area contributed by atoms with Gasteiger partial charge in [-0.2, -0.15) is 18.0 Å². The molecule has 1 N–H and O–H groups in total. The fourth-order valence-electron chi connectivity index (χ4n) is 1.78. The summed E-state index contributed by atoms with van der Waals surface area (Å²) in [7, 11) is -3.64. The molecule has 108 valence electrons. The SMILES string of the molecule is N#CCOc1ccccc1NS(=O)(=O)N1CCOCC1. The molecule has 1 fully saturated rings. The monoisotopic (exact) mass is 297 g/mol. The molecule has 0 aromatic heterocycles. The van der Waals surface area contributed by atoms with E-state index in [9.17, 15) is 8.42 Å². The van der Waals surface area contributed by atoms with Crippen LogP contribution in [0.4, 0.5) is 5.69 Å². The summed E-state index contributed by atoms with van der Waals surface area (Å²) in [6.45, 7) is 1.25. The summed E-state index contributed by atoms with van der Waals surface area (Å²) in [4.78, 5) is 0. The highest BCUT2D eigenvalue weighted by molar-refractivity contribution is 7.90. The van der Waals surface area contributed by atoms with Crippen molar-refractivity contribution in [1.29, 1.82) is 5.26 Å². The third-order valence-electron chi connectivity index (χ3n) is 2.73. The van der Waals surface area contributed by atoms with Gasteiger partial charge in [0.25, 0.3) is 0 Å². The minimum Gasteiger partial charge on any atom is -0.477 e. The van der Waals surface area contributed by atoms with E-state index in [0.717, 1.165) is 0 Å². The van der Waals surface area contributed by atoms with E-state index in [1.54, 1.807) is 24.3 Å². The highest BCUT2D eigenvalue weighted by atomic mass is 32.2. The molecule has 0 spiro atoms. The molecule has 0 unspecified atom stereocenters. The van der Waals surface area contributed by atoms with Gasteiger partial charge in [-0.25, -0.2) is 0 Å². The van der Waals surface area contributed by atoms with Crippen molar-refractivity contribution < 1.29 is 17.9 Å². The van der Waals surface area contributed by atoms with Crippen molar-refractivity contribution in [2.75, 3.05) is 37.6 Å². The number of nitrogens with zero attached hydrogens (tertiary/aromatic N) is 2. The predicted molar refractivity (Wildman–Crippen MR) is 72.5 cm³/mol. The quantitative estimate of drug-likeness (QED) is 0.858. The molecule has 7 nitrogen and oxygen atoms in total. The number of hydrogen-bond donors (Lipinski definition) is 1. The Morgan fingerprint density at radius 2 is 2.05 bits per heavy atom. The van der Waals surface area contributed by atoms with Crippen molar-refractivity contribution in [2.45, 2.75) is 0 Å². The molecule has 0 atom stereocenters. The maximum atomic E-state index is 12.2. The summed E-state index contributed by atoms with van der Waals surface area (Å²) in [6, 6.07) is 8.44. The van der Waals surface area contributed by atoms with Gasteiger partial charge in [0.1, 0.15) is 11.8 Å². The lowest BCUT2D eigenvalue weighted by Crippen LogP contribution is -2.43. The molecule has 0 saturated carbocycles. The Labute approximate surface area is 117 Å². The average Bonchev–Trinajstić information content (AvgIpc) is 2.47. The number of benzene rings is 1. The Hall–Kier alpha value is -1.82. The standard InChI is InChI=1S/C12H15N3O4S/c13-5-8-19-12-4-2-1-3-11(12)14-20(16,17)15-6-9-18-10-7-15/h1-4,14H,6-10H2. The zero-order valence-electron chi connectivity index (χ0n) is 10.8. The minimum atomic E-state index is -3.64. The van der Waals surface area contributed by atoms with Gasteiger partial charge in [-0.1, -0.05) is 12.1 Å². The molecule has 0 aliphatic carbocycles. The highest BCUT2D eigenvalue weighted by Crippen LogP contribution is 2.25. The van der Waals surface area contributed by atoms with Gasteiger partial charge in [0.2, 0.25) is 0 Å². The number of ether oxygens (including phenoxy) is 2. The molecular formula is C12H15N3O4S. The molecule has 8 heteroatoms. The Kier molecular flexibility index (Phi) is 4.79. The largest absolute Gasteiger partial charge is 0.477 e. The number of anilines is 1. The second-order valence-corrected chi connectivity index (χ2v) is 5.73. The Morgan fingerprint density at radius 1 is 1.35 bits per heavy atom. The first-order valence-corrected chi connectivity index (χ1v) is 7.52. The zero-order valence-corrected chi connectivity index (χ0v) is 11.6. The van der Waals surface area contributed by atoms with Crippen LogP contribution in [0.2, 0.25) is 0 Å². The van der Waals surface area contributed by atoms with Crippen LogP contribution in [-0.2, 0) is 14.9 Å². The second kappa shape index (κ2) is 6.56. The normalized spacial score (nSPS) is 16.4. The molecule has 0 radical (unpaired) electrons. The molecule has 1 aromatic rings. The van der Waals surface area contributed by atoms with Crippen molar-refractivity contribution in [3.05, 3.63) is 24.3 Å². The number of nitriles is 1. The highest BCUT2D eigenvalue weighted by Gasteiger charge is 2.25. The lowest BCUT2D eigenvalue weighted by molar-refractivity contribution is 0.0733. The van der Waals surface area contributed by atoms with Gasteiger partial charge >= 0.3 is 10.2 Å². The molecular weight excluding hydrogens is 282 g/mol. The summed E-state index contributed by atoms with van der Waals surface area (Å²) in [5.74, 6) is 0.325. The van der Waals surface area contributed by atoms with Gasteiger partial charge in [0.15, 0.2) is 6.61 Å². The zero-order chi connectivity index (χ0) is 14.4. The molecule has 1 aliphatic heterocycles. The molecule has 20 heavy (non-hydrogen) atoms. The second-order valence-electron chi connectivity index (χ2n) is 4.06. The summed E-state index contributed by atoms with van der Waals surface area (Å²) < 4.78 is 38.5. The third kappa shape index (κ3) is 3.60. The molecule has 0 bridgehead atoms. The van der Waals surface area contributed by atoms with Gasteiger partial charge in [-0.05, 0) is 12.1 Å². The lowest BCUT2D eigenvalue weighted by Gasteiger charge is -2.26. The van der Waals surface area contributed by atoms with Crippen LogP contribution in [-0.4, -0.2) is 45.6 Å². The average molecular weight is 297 g/mol. The first-order chi connectivity index (χ1) is 9.63. The van der Waals surface area contributed by atoms with Crippen molar-refractivity contribution >= 4 is 15.9 Å². The van der Waals surface area contributed by atoms with E-state index in [-0.39, 0.29) is 6.61 Å². The Balaban J connectivity index is 2.14. The van der Waals surface area contributed by atoms with E-state index in [2.05, 4.69) is 4.72 Å². The lowest BCUT2D eigenvalue weighted by atomic mass is 10.3. The van der Waals surface area contributed by atoms with E-state index >= 15 is 0 Å². The van der Waals surface area contributed by atoms with E-state index < -0.39 is 10.2 Å². The molecule has 1 aromatic carbocycles. The molecule has 1 aliphatic rings. The van der Waals surface area contributed by atoms with Gasteiger partial charge in [0, 0.05) is 13.1 Å². The molecule has 1 saturated heterocycles. The summed E-state index contributed by atoms with van der Waals surface area (Å²) >= 11 is 0. The fourth-order valence-corrected chi connectivity index (χ4v) is 2.98. The smallest absolute Gasteiger partial charge is 0.301 e. The van der Waals surface area contributed by atoms with E-state index in [1.165, 1.54) is 4.31 Å². The van der Waals surface area contributed by atoms with Gasteiger partial charge in [-0.3, -0.25) is 4.72 Å².